The molecule has 0 bridgehead atoms. The lowest BCUT2D eigenvalue weighted by molar-refractivity contribution is -0.0452. The van der Waals surface area contributed by atoms with E-state index in [1.165, 1.54) is 75.0 Å². The molecule has 0 unspecified atom stereocenters. The van der Waals surface area contributed by atoms with Crippen LogP contribution < -0.4 is 0 Å². The largest absolute Gasteiger partial charge is 0.373 e. The molecule has 0 aliphatic carbocycles. The maximum atomic E-state index is 6.37. The molecule has 3 fully saturated rings. The lowest BCUT2D eigenvalue weighted by Crippen LogP contribution is -2.44. The SMILES string of the molecule is Cc1ccc(CN2CCC3(CC2)C[C@H](N2CCCC2)CO3)cc1C. The third-order valence-electron chi connectivity index (χ3n) is 6.59. The molecule has 0 amide bonds. The van der Waals surface area contributed by atoms with Crippen molar-refractivity contribution in [2.24, 2.45) is 0 Å². The Kier molecular flexibility index (Phi) is 4.68. The number of hydrogen-bond donors (Lipinski definition) is 0. The third-order valence-corrected chi connectivity index (χ3v) is 6.59. The highest BCUT2D eigenvalue weighted by Gasteiger charge is 2.44. The predicted molar refractivity (Wildman–Crippen MR) is 98.3 cm³/mol. The van der Waals surface area contributed by atoms with Gasteiger partial charge in [-0.3, -0.25) is 9.80 Å². The first-order chi connectivity index (χ1) is 11.6. The van der Waals surface area contributed by atoms with Crippen LogP contribution in [0, 0.1) is 13.8 Å². The normalized spacial score (nSPS) is 28.0. The highest BCUT2D eigenvalue weighted by molar-refractivity contribution is 5.29. The summed E-state index contributed by atoms with van der Waals surface area (Å²) in [5, 5.41) is 0. The zero-order valence-electron chi connectivity index (χ0n) is 15.4. The topological polar surface area (TPSA) is 15.7 Å². The molecule has 1 aromatic rings. The minimum absolute atomic E-state index is 0.187. The second kappa shape index (κ2) is 6.78. The van der Waals surface area contributed by atoms with Gasteiger partial charge in [-0.25, -0.2) is 0 Å². The molecule has 1 spiro atoms. The zero-order valence-corrected chi connectivity index (χ0v) is 15.4. The fourth-order valence-corrected chi connectivity index (χ4v) is 4.79. The van der Waals surface area contributed by atoms with E-state index in [4.69, 9.17) is 4.74 Å². The first-order valence-corrected chi connectivity index (χ1v) is 9.80. The van der Waals surface area contributed by atoms with E-state index < -0.39 is 0 Å². The van der Waals surface area contributed by atoms with Gasteiger partial charge in [-0.15, -0.1) is 0 Å². The number of rotatable bonds is 3. The summed E-state index contributed by atoms with van der Waals surface area (Å²) >= 11 is 0. The smallest absolute Gasteiger partial charge is 0.0723 e. The van der Waals surface area contributed by atoms with Crippen LogP contribution in [0.15, 0.2) is 18.2 Å². The van der Waals surface area contributed by atoms with E-state index in [0.717, 1.165) is 13.2 Å². The number of piperidine rings is 1. The van der Waals surface area contributed by atoms with Crippen LogP contribution >= 0.6 is 0 Å². The van der Waals surface area contributed by atoms with Gasteiger partial charge in [0.1, 0.15) is 0 Å². The molecule has 1 atom stereocenters. The summed E-state index contributed by atoms with van der Waals surface area (Å²) in [5.41, 5.74) is 4.45. The molecular formula is C21H32N2O. The first kappa shape index (κ1) is 16.6. The molecule has 3 aliphatic heterocycles. The summed E-state index contributed by atoms with van der Waals surface area (Å²) in [4.78, 5) is 5.29. The Morgan fingerprint density at radius 3 is 2.50 bits per heavy atom. The number of hydrogen-bond acceptors (Lipinski definition) is 3. The summed E-state index contributed by atoms with van der Waals surface area (Å²) < 4.78 is 6.37. The van der Waals surface area contributed by atoms with Crippen molar-refractivity contribution >= 4 is 0 Å². The Balaban J connectivity index is 1.31. The number of benzene rings is 1. The van der Waals surface area contributed by atoms with Crippen LogP contribution in [0.1, 0.15) is 48.8 Å². The Morgan fingerprint density at radius 2 is 1.79 bits per heavy atom. The highest BCUT2D eigenvalue weighted by Crippen LogP contribution is 2.38. The predicted octanol–water partition coefficient (Wildman–Crippen LogP) is 3.52. The van der Waals surface area contributed by atoms with E-state index >= 15 is 0 Å². The molecular weight excluding hydrogens is 296 g/mol. The number of likely N-dealkylation sites (tertiary alicyclic amines) is 2. The average Bonchev–Trinajstić information content (AvgIpc) is 3.24. The lowest BCUT2D eigenvalue weighted by atomic mass is 9.87. The van der Waals surface area contributed by atoms with Gasteiger partial charge in [0.2, 0.25) is 0 Å². The summed E-state index contributed by atoms with van der Waals surface area (Å²) in [6.45, 7) is 11.4. The molecule has 0 saturated carbocycles. The summed E-state index contributed by atoms with van der Waals surface area (Å²) in [6, 6.07) is 7.60. The van der Waals surface area contributed by atoms with E-state index in [0.29, 0.717) is 6.04 Å². The summed E-state index contributed by atoms with van der Waals surface area (Å²) in [6.07, 6.45) is 6.45. The van der Waals surface area contributed by atoms with Crippen LogP contribution in [0.4, 0.5) is 0 Å². The quantitative estimate of drug-likeness (QED) is 0.844. The summed E-state index contributed by atoms with van der Waals surface area (Å²) in [5.74, 6) is 0. The molecule has 3 saturated heterocycles. The molecule has 0 N–H and O–H groups in total. The molecule has 0 radical (unpaired) electrons. The fourth-order valence-electron chi connectivity index (χ4n) is 4.79. The van der Waals surface area contributed by atoms with Gasteiger partial charge in [-0.2, -0.15) is 0 Å². The van der Waals surface area contributed by atoms with E-state index in [9.17, 15) is 0 Å². The number of aryl methyl sites for hydroxylation is 2. The summed E-state index contributed by atoms with van der Waals surface area (Å²) in [7, 11) is 0. The van der Waals surface area contributed by atoms with Gasteiger partial charge in [-0.05, 0) is 75.7 Å². The van der Waals surface area contributed by atoms with Crippen molar-refractivity contribution < 1.29 is 4.74 Å². The standard InChI is InChI=1S/C21H32N2O/c1-17-5-6-19(13-18(17)2)15-22-11-7-21(8-12-22)14-20(16-24-21)23-9-3-4-10-23/h5-6,13,20H,3-4,7-12,14-16H2,1-2H3/t20-/m0/s1. The second-order valence-corrected chi connectivity index (χ2v) is 8.29. The Labute approximate surface area is 147 Å². The Morgan fingerprint density at radius 1 is 1.04 bits per heavy atom. The van der Waals surface area contributed by atoms with Crippen molar-refractivity contribution in [2.75, 3.05) is 32.8 Å². The Hall–Kier alpha value is -0.900. The zero-order chi connectivity index (χ0) is 16.6. The van der Waals surface area contributed by atoms with Crippen molar-refractivity contribution in [2.45, 2.75) is 64.1 Å². The van der Waals surface area contributed by atoms with Gasteiger partial charge in [0.25, 0.3) is 0 Å². The highest BCUT2D eigenvalue weighted by atomic mass is 16.5. The van der Waals surface area contributed by atoms with Crippen molar-refractivity contribution in [1.82, 2.24) is 9.80 Å². The molecule has 3 nitrogen and oxygen atoms in total. The molecule has 3 heteroatoms. The number of nitrogens with zero attached hydrogens (tertiary/aromatic N) is 2. The average molecular weight is 329 g/mol. The first-order valence-electron chi connectivity index (χ1n) is 9.80. The van der Waals surface area contributed by atoms with Gasteiger partial charge >= 0.3 is 0 Å². The van der Waals surface area contributed by atoms with Crippen LogP contribution in [-0.4, -0.2) is 54.2 Å². The molecule has 3 heterocycles. The lowest BCUT2D eigenvalue weighted by Gasteiger charge is -2.39. The third kappa shape index (κ3) is 3.40. The van der Waals surface area contributed by atoms with E-state index in [2.05, 4.69) is 41.8 Å². The minimum atomic E-state index is 0.187. The van der Waals surface area contributed by atoms with Crippen molar-refractivity contribution in [3.05, 3.63) is 34.9 Å². The molecule has 3 aliphatic rings. The minimum Gasteiger partial charge on any atom is -0.373 e. The van der Waals surface area contributed by atoms with Crippen LogP contribution in [-0.2, 0) is 11.3 Å². The van der Waals surface area contributed by atoms with E-state index in [-0.39, 0.29) is 5.60 Å². The number of ether oxygens (including phenoxy) is 1. The van der Waals surface area contributed by atoms with Crippen LogP contribution in [0.3, 0.4) is 0 Å². The molecule has 4 rings (SSSR count). The van der Waals surface area contributed by atoms with Crippen LogP contribution in [0.25, 0.3) is 0 Å². The van der Waals surface area contributed by atoms with Crippen molar-refractivity contribution in [3.8, 4) is 0 Å². The van der Waals surface area contributed by atoms with Gasteiger partial charge in [-0.1, -0.05) is 18.2 Å². The van der Waals surface area contributed by atoms with Gasteiger partial charge in [0.15, 0.2) is 0 Å². The van der Waals surface area contributed by atoms with Crippen LogP contribution in [0.2, 0.25) is 0 Å². The van der Waals surface area contributed by atoms with E-state index in [1.54, 1.807) is 0 Å². The van der Waals surface area contributed by atoms with Gasteiger partial charge < -0.3 is 4.74 Å². The molecule has 24 heavy (non-hydrogen) atoms. The van der Waals surface area contributed by atoms with Crippen molar-refractivity contribution in [1.29, 1.82) is 0 Å². The second-order valence-electron chi connectivity index (χ2n) is 8.29. The van der Waals surface area contributed by atoms with Crippen molar-refractivity contribution in [3.63, 3.8) is 0 Å². The van der Waals surface area contributed by atoms with Gasteiger partial charge in [0.05, 0.1) is 12.2 Å². The maximum Gasteiger partial charge on any atom is 0.0723 e. The monoisotopic (exact) mass is 328 g/mol. The van der Waals surface area contributed by atoms with Gasteiger partial charge in [0, 0.05) is 25.7 Å². The fraction of sp³-hybridized carbons (Fsp3) is 0.714. The maximum absolute atomic E-state index is 6.37. The molecule has 132 valence electrons. The Bertz CT molecular complexity index is 571. The molecule has 1 aromatic carbocycles. The molecule has 0 aromatic heterocycles. The van der Waals surface area contributed by atoms with Crippen LogP contribution in [0.5, 0.6) is 0 Å². The van der Waals surface area contributed by atoms with E-state index in [1.807, 2.05) is 0 Å².